The number of hydrogen-bond acceptors (Lipinski definition) is 7. The molecule has 10 nitrogen and oxygen atoms in total. The van der Waals surface area contributed by atoms with Crippen molar-refractivity contribution in [2.24, 2.45) is 5.92 Å². The molecule has 2 aromatic heterocycles. The summed E-state index contributed by atoms with van der Waals surface area (Å²) in [7, 11) is 0. The van der Waals surface area contributed by atoms with Crippen LogP contribution in [0.4, 0.5) is 20.8 Å². The number of carbonyl (C=O) groups excluding carboxylic acids is 1. The summed E-state index contributed by atoms with van der Waals surface area (Å²) in [6.07, 6.45) is 6.59. The van der Waals surface area contributed by atoms with Crippen molar-refractivity contribution in [3.05, 3.63) is 35.0 Å². The molecule has 3 heterocycles. The van der Waals surface area contributed by atoms with Crippen LogP contribution in [0.2, 0.25) is 0 Å². The zero-order chi connectivity index (χ0) is 23.8. The minimum atomic E-state index is -1.12. The molecule has 2 aliphatic carbocycles. The van der Waals surface area contributed by atoms with Gasteiger partial charge in [-0.1, -0.05) is 0 Å². The van der Waals surface area contributed by atoms with E-state index in [0.29, 0.717) is 19.0 Å². The average Bonchev–Trinajstić information content (AvgIpc) is 3.25. The molecule has 3 aliphatic rings. The van der Waals surface area contributed by atoms with E-state index < -0.39 is 6.09 Å². The number of aryl methyl sites for hydroxylation is 1. The van der Waals surface area contributed by atoms with E-state index in [2.05, 4.69) is 25.6 Å². The first kappa shape index (κ1) is 22.5. The predicted octanol–water partition coefficient (Wildman–Crippen LogP) is 2.45. The summed E-state index contributed by atoms with van der Waals surface area (Å²) < 4.78 is 19.3. The fourth-order valence-electron chi connectivity index (χ4n) is 5.21. The van der Waals surface area contributed by atoms with E-state index in [1.807, 2.05) is 6.92 Å². The van der Waals surface area contributed by atoms with Gasteiger partial charge in [0.15, 0.2) is 18.2 Å². The molecule has 1 aliphatic heterocycles. The van der Waals surface area contributed by atoms with Gasteiger partial charge in [-0.2, -0.15) is 0 Å². The van der Waals surface area contributed by atoms with Gasteiger partial charge in [0.05, 0.1) is 12.4 Å². The van der Waals surface area contributed by atoms with Crippen molar-refractivity contribution in [2.45, 2.75) is 57.5 Å². The minimum Gasteiger partial charge on any atom is -0.465 e. The second-order valence-electron chi connectivity index (χ2n) is 9.25. The highest BCUT2D eigenvalue weighted by atomic mass is 19.1. The Hall–Kier alpha value is -3.34. The highest BCUT2D eigenvalue weighted by Gasteiger charge is 2.31. The predicted molar refractivity (Wildman–Crippen MR) is 121 cm³/mol. The van der Waals surface area contributed by atoms with Crippen LogP contribution in [0.1, 0.15) is 42.5 Å². The highest BCUT2D eigenvalue weighted by Crippen LogP contribution is 2.31. The number of anilines is 2. The molecule has 2 aromatic rings. The van der Waals surface area contributed by atoms with Gasteiger partial charge in [-0.05, 0) is 62.5 Å². The maximum Gasteiger partial charge on any atom is 0.413 e. The molecule has 1 atom stereocenters. The van der Waals surface area contributed by atoms with Crippen LogP contribution in [0.3, 0.4) is 0 Å². The number of amides is 2. The summed E-state index contributed by atoms with van der Waals surface area (Å²) in [5, 5.41) is 16.0. The molecular weight excluding hydrogens is 443 g/mol. The van der Waals surface area contributed by atoms with Gasteiger partial charge < -0.3 is 20.5 Å². The molecular formula is C23H27FN6O4. The first-order chi connectivity index (χ1) is 16.4. The second kappa shape index (κ2) is 9.13. The number of carbonyl (C=O) groups is 2. The lowest BCUT2D eigenvalue weighted by atomic mass is 9.85. The number of aromatic nitrogens is 3. The van der Waals surface area contributed by atoms with Crippen molar-refractivity contribution in [1.29, 1.82) is 0 Å². The van der Waals surface area contributed by atoms with Gasteiger partial charge in [-0.25, -0.2) is 19.2 Å². The van der Waals surface area contributed by atoms with Gasteiger partial charge in [-0.3, -0.25) is 14.7 Å². The average molecular weight is 471 g/mol. The van der Waals surface area contributed by atoms with Crippen LogP contribution >= 0.6 is 0 Å². The Balaban J connectivity index is 1.17. The number of hydrogen-bond donors (Lipinski definition) is 3. The highest BCUT2D eigenvalue weighted by molar-refractivity contribution is 5.94. The van der Waals surface area contributed by atoms with Gasteiger partial charge in [-0.15, -0.1) is 0 Å². The van der Waals surface area contributed by atoms with Crippen LogP contribution in [0.25, 0.3) is 0 Å². The second-order valence-corrected chi connectivity index (χ2v) is 9.25. The topological polar surface area (TPSA) is 130 Å². The largest absolute Gasteiger partial charge is 0.465 e. The number of ether oxygens (including phenoxy) is 1. The van der Waals surface area contributed by atoms with E-state index >= 15 is 0 Å². The quantitative estimate of drug-likeness (QED) is 0.608. The number of rotatable bonds is 5. The Morgan fingerprint density at radius 2 is 1.97 bits per heavy atom. The molecule has 5 rings (SSSR count). The zero-order valence-corrected chi connectivity index (χ0v) is 18.9. The van der Waals surface area contributed by atoms with Crippen LogP contribution in [0.15, 0.2) is 12.4 Å². The van der Waals surface area contributed by atoms with Crippen molar-refractivity contribution in [3.63, 3.8) is 0 Å². The van der Waals surface area contributed by atoms with E-state index in [9.17, 15) is 19.1 Å². The van der Waals surface area contributed by atoms with Gasteiger partial charge in [0.25, 0.3) is 11.8 Å². The fourth-order valence-corrected chi connectivity index (χ4v) is 5.21. The van der Waals surface area contributed by atoms with Crippen LogP contribution in [0.5, 0.6) is 5.88 Å². The van der Waals surface area contributed by atoms with Crippen molar-refractivity contribution < 1.29 is 23.8 Å². The summed E-state index contributed by atoms with van der Waals surface area (Å²) in [4.78, 5) is 37.2. The van der Waals surface area contributed by atoms with Crippen LogP contribution < -0.4 is 20.3 Å². The molecule has 11 heteroatoms. The van der Waals surface area contributed by atoms with Crippen LogP contribution in [-0.2, 0) is 17.6 Å². The molecule has 180 valence electrons. The van der Waals surface area contributed by atoms with Gasteiger partial charge in [0.1, 0.15) is 5.82 Å². The van der Waals surface area contributed by atoms with Crippen LogP contribution in [-0.4, -0.2) is 57.3 Å². The molecule has 34 heavy (non-hydrogen) atoms. The summed E-state index contributed by atoms with van der Waals surface area (Å²) >= 11 is 0. The fraction of sp³-hybridized carbons (Fsp3) is 0.522. The summed E-state index contributed by atoms with van der Waals surface area (Å²) in [5.41, 5.74) is 2.70. The van der Waals surface area contributed by atoms with E-state index in [0.717, 1.165) is 48.9 Å². The Kier molecular flexibility index (Phi) is 6.03. The van der Waals surface area contributed by atoms with E-state index in [1.165, 1.54) is 17.3 Å². The molecule has 0 radical (unpaired) electrons. The van der Waals surface area contributed by atoms with E-state index in [4.69, 9.17) is 4.74 Å². The molecule has 1 saturated carbocycles. The van der Waals surface area contributed by atoms with Gasteiger partial charge in [0.2, 0.25) is 0 Å². The lowest BCUT2D eigenvalue weighted by Crippen LogP contribution is -2.43. The van der Waals surface area contributed by atoms with Crippen molar-refractivity contribution in [2.75, 3.05) is 23.4 Å². The first-order valence-electron chi connectivity index (χ1n) is 11.6. The normalized spacial score (nSPS) is 23.5. The Morgan fingerprint density at radius 1 is 1.21 bits per heavy atom. The Labute approximate surface area is 195 Å². The van der Waals surface area contributed by atoms with Gasteiger partial charge in [0, 0.05) is 24.3 Å². The maximum absolute atomic E-state index is 14.1. The smallest absolute Gasteiger partial charge is 0.413 e. The summed E-state index contributed by atoms with van der Waals surface area (Å²) in [6.45, 7) is 2.09. The van der Waals surface area contributed by atoms with E-state index in [1.54, 1.807) is 0 Å². The monoisotopic (exact) mass is 470 g/mol. The standard InChI is InChI=1S/C23H27FN6O4/c1-12-16-6-15(7-17(16)18(24)8-25-12)27-14-4-2-13(3-5-14)10-30(23(32)33)19-9-26-22-21(28-19)29-20(31)11-34-22/h8-9,13-15,27H,2-7,10-11H2,1H3,(H,32,33)(H,28,29,31). The number of pyridine rings is 1. The third kappa shape index (κ3) is 4.52. The van der Waals surface area contributed by atoms with Gasteiger partial charge >= 0.3 is 6.09 Å². The van der Waals surface area contributed by atoms with Crippen LogP contribution in [0, 0.1) is 18.7 Å². The lowest BCUT2D eigenvalue weighted by molar-refractivity contribution is -0.118. The summed E-state index contributed by atoms with van der Waals surface area (Å²) in [5.74, 6) is 0.0759. The summed E-state index contributed by atoms with van der Waals surface area (Å²) in [6, 6.07) is 0.522. The van der Waals surface area contributed by atoms with Crippen molar-refractivity contribution in [1.82, 2.24) is 20.3 Å². The third-order valence-electron chi connectivity index (χ3n) is 6.95. The number of carboxylic acid groups (broad SMARTS) is 1. The van der Waals surface area contributed by atoms with Crippen molar-refractivity contribution >= 4 is 23.6 Å². The Bertz CT molecular complexity index is 1090. The maximum atomic E-state index is 14.1. The SMILES string of the molecule is Cc1ncc(F)c2c1CC(NC1CCC(CN(C(=O)O)c3cnc4c(n3)NC(=O)CO4)CC1)C2. The number of nitrogens with zero attached hydrogens (tertiary/aromatic N) is 4. The lowest BCUT2D eigenvalue weighted by Gasteiger charge is -2.33. The Morgan fingerprint density at radius 3 is 2.71 bits per heavy atom. The number of nitrogens with one attached hydrogen (secondary N) is 2. The molecule has 0 bridgehead atoms. The molecule has 1 unspecified atom stereocenters. The molecule has 3 N–H and O–H groups in total. The molecule has 0 aromatic carbocycles. The molecule has 0 saturated heterocycles. The third-order valence-corrected chi connectivity index (χ3v) is 6.95. The number of halogens is 1. The molecule has 0 spiro atoms. The minimum absolute atomic E-state index is 0.132. The molecule has 2 amide bonds. The zero-order valence-electron chi connectivity index (χ0n) is 18.9. The first-order valence-corrected chi connectivity index (χ1v) is 11.6. The number of fused-ring (bicyclic) bond motifs is 2. The van der Waals surface area contributed by atoms with E-state index in [-0.39, 0.29) is 47.8 Å². The molecule has 1 fully saturated rings. The van der Waals surface area contributed by atoms with Crippen molar-refractivity contribution in [3.8, 4) is 5.88 Å².